The number of nitrogens with two attached hydrogens (primary N) is 1. The number of pyridine rings is 3. The second-order valence-corrected chi connectivity index (χ2v) is 13.8. The van der Waals surface area contributed by atoms with Crippen LogP contribution in [-0.2, 0) is 105 Å². The van der Waals surface area contributed by atoms with E-state index in [1.54, 1.807) is 6.92 Å². The largest absolute Gasteiger partial charge is 0.432 e. The van der Waals surface area contributed by atoms with Gasteiger partial charge >= 0.3 is 0 Å². The number of anilines is 6. The first kappa shape index (κ1) is 64.9. The minimum absolute atomic E-state index is 0. The SMILES string of the molecule is CC.CC.CC.Cc1nc(CN(c2ccccc2)c2ccc3nc[c-]nc3n2)no1.N#CCN(c1ccccc1)c1ccc2nc[c-]nc2n1.N/C(CN(c1ccccc1)c1ccc2nc[c-]nc2n1)=N/O.[Y].[Y].[Y]. The molecule has 0 unspecified atom stereocenters. The third kappa shape index (κ3) is 19.1. The van der Waals surface area contributed by atoms with Crippen LogP contribution in [0.25, 0.3) is 33.5 Å². The van der Waals surface area contributed by atoms with E-state index >= 15 is 0 Å². The van der Waals surface area contributed by atoms with Crippen molar-refractivity contribution in [1.82, 2.24) is 55.0 Å². The zero-order chi connectivity index (χ0) is 51.5. The van der Waals surface area contributed by atoms with Gasteiger partial charge in [0.05, 0.1) is 19.2 Å². The topological polar surface area (TPSA) is 247 Å². The van der Waals surface area contributed by atoms with Crippen LogP contribution in [0.5, 0.6) is 0 Å². The van der Waals surface area contributed by atoms with Crippen LogP contribution in [0.15, 0.2) is 156 Å². The van der Waals surface area contributed by atoms with Gasteiger partial charge in [-0.15, -0.1) is 18.6 Å². The molecule has 0 saturated carbocycles. The quantitative estimate of drug-likeness (QED) is 0.0305. The van der Waals surface area contributed by atoms with Crippen molar-refractivity contribution < 1.29 is 108 Å². The number of nitriles is 1. The Morgan fingerprint density at radius 2 is 0.933 bits per heavy atom. The number of aromatic nitrogens is 11. The molecular weight excluding hydrogens is 1170 g/mol. The van der Waals surface area contributed by atoms with Crippen LogP contribution in [0, 0.1) is 36.8 Å². The van der Waals surface area contributed by atoms with Crippen LogP contribution in [0.1, 0.15) is 53.3 Å². The molecule has 0 bridgehead atoms. The number of amidine groups is 1. The van der Waals surface area contributed by atoms with E-state index in [1.165, 1.54) is 18.6 Å². The van der Waals surface area contributed by atoms with Gasteiger partial charge in [0.15, 0.2) is 11.7 Å². The van der Waals surface area contributed by atoms with E-state index in [1.807, 2.05) is 184 Å². The molecule has 10 rings (SSSR count). The predicted molar refractivity (Wildman–Crippen MR) is 280 cm³/mol. The van der Waals surface area contributed by atoms with Gasteiger partial charge in [0.2, 0.25) is 5.89 Å². The molecule has 22 heteroatoms. The van der Waals surface area contributed by atoms with Crippen molar-refractivity contribution in [3.63, 3.8) is 0 Å². The summed E-state index contributed by atoms with van der Waals surface area (Å²) in [5, 5.41) is 24.9. The summed E-state index contributed by atoms with van der Waals surface area (Å²) < 4.78 is 5.07. The molecule has 3 N–H and O–H groups in total. The van der Waals surface area contributed by atoms with Gasteiger partial charge in [-0.2, -0.15) is 10.2 Å². The second-order valence-electron chi connectivity index (χ2n) is 13.8. The maximum atomic E-state index is 9.02. The van der Waals surface area contributed by atoms with Crippen LogP contribution < -0.4 is 20.4 Å². The molecule has 0 aliphatic rings. The third-order valence-corrected chi connectivity index (χ3v) is 9.39. The number of benzene rings is 3. The fourth-order valence-electron chi connectivity index (χ4n) is 6.41. The number of hydrogen-bond donors (Lipinski definition) is 2. The molecule has 0 amide bonds. The van der Waals surface area contributed by atoms with Crippen LogP contribution in [-0.4, -0.2) is 79.1 Å². The van der Waals surface area contributed by atoms with Crippen molar-refractivity contribution in [3.05, 3.63) is 176 Å². The molecule has 375 valence electrons. The summed E-state index contributed by atoms with van der Waals surface area (Å²) in [7, 11) is 0. The Morgan fingerprint density at radius 3 is 1.31 bits per heavy atom. The van der Waals surface area contributed by atoms with Crippen molar-refractivity contribution in [2.75, 3.05) is 27.8 Å². The molecule has 0 fully saturated rings. The Hall–Kier alpha value is -6.26. The fraction of sp³-hybridized carbons (Fsp3) is 0.189. The van der Waals surface area contributed by atoms with Crippen LogP contribution in [0.2, 0.25) is 0 Å². The maximum Gasteiger partial charge on any atom is 0.223 e. The van der Waals surface area contributed by atoms with Crippen LogP contribution in [0.4, 0.5) is 34.5 Å². The normalized spacial score (nSPS) is 9.81. The summed E-state index contributed by atoms with van der Waals surface area (Å²) in [5.74, 6) is 3.22. The fourth-order valence-corrected chi connectivity index (χ4v) is 6.41. The molecule has 0 aliphatic heterocycles. The van der Waals surface area contributed by atoms with Gasteiger partial charge < -0.3 is 60.1 Å². The van der Waals surface area contributed by atoms with Gasteiger partial charge in [-0.05, 0) is 91.4 Å². The summed E-state index contributed by atoms with van der Waals surface area (Å²) in [6.07, 6.45) is 12.6. The number of rotatable bonds is 11. The summed E-state index contributed by atoms with van der Waals surface area (Å²) >= 11 is 0. The van der Waals surface area contributed by atoms with E-state index in [0.29, 0.717) is 57.9 Å². The Morgan fingerprint density at radius 1 is 0.560 bits per heavy atom. The zero-order valence-electron chi connectivity index (χ0n) is 42.8. The standard InChI is InChI=1S/C17H13N6O.C15H13N6O.C15H10N5.3C2H6.3Y/c1-12-20-15(22-24-12)11-23(13-5-3-2-4-6-13)16-8-7-14-17(21-16)19-10-9-18-14;16-13(20-22)10-21(11-4-2-1-3-5-11)14-7-6-12-15(19-14)18-9-8-17-12;16-8-11-20(12-4-2-1-3-5-12)14-7-6-13-15(19-14)18-10-9-17-13;3*1-2;;;/h2-9H,11H2,1H3;1-8,22H,10H2,(H2,16,20);1-7,9H,11H2;3*1-2H3;;;/q3*-1;;;;;;. The first-order valence-electron chi connectivity index (χ1n) is 23.1. The van der Waals surface area contributed by atoms with E-state index in [2.05, 4.69) is 84.8 Å². The van der Waals surface area contributed by atoms with Gasteiger partial charge in [0, 0.05) is 156 Å². The molecule has 75 heavy (non-hydrogen) atoms. The number of hydrogen-bond acceptors (Lipinski definition) is 18. The number of nitrogens with zero attached hydrogens (tertiary/aromatic N) is 16. The zero-order valence-corrected chi connectivity index (χ0v) is 51.3. The maximum absolute atomic E-state index is 9.02. The van der Waals surface area contributed by atoms with Gasteiger partial charge in [-0.3, -0.25) is 15.0 Å². The van der Waals surface area contributed by atoms with Crippen LogP contribution >= 0.6 is 0 Å². The average molecular weight is 1230 g/mol. The molecule has 0 aliphatic carbocycles. The minimum Gasteiger partial charge on any atom is -0.432 e. The predicted octanol–water partition coefficient (Wildman–Crippen LogP) is 10.1. The van der Waals surface area contributed by atoms with E-state index in [4.69, 9.17) is 20.7 Å². The number of aryl methyl sites for hydroxylation is 1. The summed E-state index contributed by atoms with van der Waals surface area (Å²) in [4.78, 5) is 48.2. The molecule has 3 aromatic carbocycles. The first-order chi connectivity index (χ1) is 35.4. The second kappa shape index (κ2) is 35.9. The van der Waals surface area contributed by atoms with E-state index in [9.17, 15) is 0 Å². The smallest absolute Gasteiger partial charge is 0.223 e. The molecular formula is C53H54N17O2Y3-3. The summed E-state index contributed by atoms with van der Waals surface area (Å²) in [6, 6.07) is 42.4. The van der Waals surface area contributed by atoms with Gasteiger partial charge in [0.25, 0.3) is 0 Å². The van der Waals surface area contributed by atoms with Crippen LogP contribution in [0.3, 0.4) is 0 Å². The van der Waals surface area contributed by atoms with Crippen molar-refractivity contribution in [3.8, 4) is 6.07 Å². The molecule has 0 saturated heterocycles. The number of para-hydroxylation sites is 3. The number of oxime groups is 1. The Bertz CT molecular complexity index is 3250. The molecule has 19 nitrogen and oxygen atoms in total. The van der Waals surface area contributed by atoms with Crippen molar-refractivity contribution in [1.29, 1.82) is 5.26 Å². The molecule has 10 aromatic rings. The molecule has 0 atom stereocenters. The third-order valence-electron chi connectivity index (χ3n) is 9.39. The molecule has 0 spiro atoms. The minimum atomic E-state index is 0. The van der Waals surface area contributed by atoms with Crippen molar-refractivity contribution in [2.45, 2.75) is 55.0 Å². The summed E-state index contributed by atoms with van der Waals surface area (Å²) in [6.45, 7) is 14.6. The average Bonchev–Trinajstić information content (AvgIpc) is 3.89. The van der Waals surface area contributed by atoms with E-state index < -0.39 is 0 Å². The Kier molecular flexibility index (Phi) is 31.0. The van der Waals surface area contributed by atoms with Gasteiger partial charge in [-0.1, -0.05) is 106 Å². The van der Waals surface area contributed by atoms with E-state index in [0.717, 1.165) is 28.4 Å². The summed E-state index contributed by atoms with van der Waals surface area (Å²) in [5.41, 5.74) is 12.1. The van der Waals surface area contributed by atoms with Gasteiger partial charge in [-0.25, -0.2) is 0 Å². The molecule has 7 heterocycles. The van der Waals surface area contributed by atoms with Gasteiger partial charge in [0.1, 0.15) is 24.0 Å². The first-order valence-corrected chi connectivity index (χ1v) is 23.1. The van der Waals surface area contributed by atoms with Crippen molar-refractivity contribution >= 4 is 73.8 Å². The molecule has 3 radical (unpaired) electrons. The monoisotopic (exact) mass is 1230 g/mol. The number of fused-ring (bicyclic) bond motifs is 3. The Balaban J connectivity index is 0.000000361. The van der Waals surface area contributed by atoms with Crippen molar-refractivity contribution in [2.24, 2.45) is 10.9 Å². The van der Waals surface area contributed by atoms with E-state index in [-0.39, 0.29) is 117 Å². The Labute approximate surface area is 512 Å². The molecule has 7 aromatic heterocycles.